The fourth-order valence-electron chi connectivity index (χ4n) is 2.17. The zero-order chi connectivity index (χ0) is 14.7. The van der Waals surface area contributed by atoms with E-state index in [1.54, 1.807) is 0 Å². The molecule has 0 unspecified atom stereocenters. The van der Waals surface area contributed by atoms with Gasteiger partial charge in [-0.1, -0.05) is 12.1 Å². The van der Waals surface area contributed by atoms with Crippen molar-refractivity contribution in [3.05, 3.63) is 54.6 Å². The molecule has 4 nitrogen and oxygen atoms in total. The first-order chi connectivity index (χ1) is 10.3. The van der Waals surface area contributed by atoms with Crippen LogP contribution in [0.25, 0.3) is 22.5 Å². The van der Waals surface area contributed by atoms with E-state index in [-0.39, 0.29) is 0 Å². The molecule has 1 aromatic heterocycles. The molecule has 0 atom stereocenters. The first kappa shape index (κ1) is 13.2. The summed E-state index contributed by atoms with van der Waals surface area (Å²) in [5.74, 6) is 0.871. The van der Waals surface area contributed by atoms with Crippen molar-refractivity contribution in [2.45, 2.75) is 6.92 Å². The Morgan fingerprint density at radius 2 is 1.67 bits per heavy atom. The maximum absolute atomic E-state index is 5.70. The number of rotatable bonds is 4. The highest BCUT2D eigenvalue weighted by Gasteiger charge is 2.06. The quantitative estimate of drug-likeness (QED) is 0.715. The first-order valence-electron chi connectivity index (χ1n) is 6.91. The monoisotopic (exact) mass is 279 g/mol. The molecular weight excluding hydrogens is 262 g/mol. The van der Waals surface area contributed by atoms with Crippen LogP contribution < -0.4 is 10.5 Å². The molecule has 3 aromatic rings. The number of nitrogens with one attached hydrogen (secondary N) is 1. The van der Waals surface area contributed by atoms with Crippen LogP contribution in [0.5, 0.6) is 5.75 Å². The van der Waals surface area contributed by atoms with Crippen molar-refractivity contribution >= 4 is 5.69 Å². The fourth-order valence-corrected chi connectivity index (χ4v) is 2.17. The molecule has 0 aliphatic heterocycles. The molecule has 0 aliphatic carbocycles. The first-order valence-corrected chi connectivity index (χ1v) is 6.91. The normalized spacial score (nSPS) is 10.5. The minimum atomic E-state index is 0.670. The van der Waals surface area contributed by atoms with E-state index in [1.807, 2.05) is 61.5 Å². The largest absolute Gasteiger partial charge is 0.494 e. The average molecular weight is 279 g/mol. The highest BCUT2D eigenvalue weighted by molar-refractivity contribution is 5.69. The van der Waals surface area contributed by atoms with E-state index in [2.05, 4.69) is 10.2 Å². The average Bonchev–Trinajstić information content (AvgIpc) is 2.99. The maximum atomic E-state index is 5.70. The van der Waals surface area contributed by atoms with Crippen LogP contribution in [-0.4, -0.2) is 16.8 Å². The van der Waals surface area contributed by atoms with E-state index in [0.717, 1.165) is 34.0 Å². The van der Waals surface area contributed by atoms with Crippen LogP contribution in [0, 0.1) is 0 Å². The Bertz CT molecular complexity index is 715. The van der Waals surface area contributed by atoms with Crippen LogP contribution in [0.4, 0.5) is 5.69 Å². The molecule has 0 radical (unpaired) electrons. The van der Waals surface area contributed by atoms with Gasteiger partial charge in [-0.05, 0) is 55.0 Å². The summed E-state index contributed by atoms with van der Waals surface area (Å²) in [5, 5.41) is 7.42. The number of aromatic nitrogens is 2. The van der Waals surface area contributed by atoms with E-state index in [0.29, 0.717) is 6.61 Å². The SMILES string of the molecule is CCOc1ccc(-c2cc(-c3ccc(N)cc3)[nH]n2)cc1. The second kappa shape index (κ2) is 5.71. The number of H-pyrrole nitrogens is 1. The molecule has 1 heterocycles. The van der Waals surface area contributed by atoms with Gasteiger partial charge in [0, 0.05) is 11.3 Å². The van der Waals surface area contributed by atoms with E-state index < -0.39 is 0 Å². The summed E-state index contributed by atoms with van der Waals surface area (Å²) in [6.45, 7) is 2.64. The summed E-state index contributed by atoms with van der Waals surface area (Å²) < 4.78 is 5.44. The molecule has 0 saturated carbocycles. The standard InChI is InChI=1S/C17H17N3O/c1-2-21-15-9-5-13(6-10-15)17-11-16(19-20-17)12-3-7-14(18)8-4-12/h3-11H,2,18H2,1H3,(H,19,20). The Labute approximate surface area is 123 Å². The second-order valence-electron chi connectivity index (χ2n) is 4.75. The molecule has 0 spiro atoms. The Balaban J connectivity index is 1.85. The van der Waals surface area contributed by atoms with E-state index >= 15 is 0 Å². The molecule has 21 heavy (non-hydrogen) atoms. The number of anilines is 1. The lowest BCUT2D eigenvalue weighted by Gasteiger charge is -2.02. The zero-order valence-corrected chi connectivity index (χ0v) is 11.8. The zero-order valence-electron chi connectivity index (χ0n) is 11.8. The lowest BCUT2D eigenvalue weighted by atomic mass is 10.1. The summed E-state index contributed by atoms with van der Waals surface area (Å²) in [4.78, 5) is 0. The van der Waals surface area contributed by atoms with Gasteiger partial charge < -0.3 is 10.5 Å². The Kier molecular flexibility index (Phi) is 3.60. The van der Waals surface area contributed by atoms with Crippen LogP contribution in [0.15, 0.2) is 54.6 Å². The number of benzene rings is 2. The van der Waals surface area contributed by atoms with Gasteiger partial charge in [0.15, 0.2) is 0 Å². The molecule has 0 amide bonds. The smallest absolute Gasteiger partial charge is 0.119 e. The predicted octanol–water partition coefficient (Wildman–Crippen LogP) is 3.72. The third-order valence-electron chi connectivity index (χ3n) is 3.26. The van der Waals surface area contributed by atoms with Gasteiger partial charge in [-0.2, -0.15) is 5.10 Å². The summed E-state index contributed by atoms with van der Waals surface area (Å²) in [6.07, 6.45) is 0. The molecule has 4 heteroatoms. The Morgan fingerprint density at radius 1 is 1.00 bits per heavy atom. The number of nitrogen functional groups attached to an aromatic ring is 1. The number of ether oxygens (including phenoxy) is 1. The van der Waals surface area contributed by atoms with Crippen LogP contribution >= 0.6 is 0 Å². The maximum Gasteiger partial charge on any atom is 0.119 e. The number of nitrogens with zero attached hydrogens (tertiary/aromatic N) is 1. The van der Waals surface area contributed by atoms with Gasteiger partial charge in [0.25, 0.3) is 0 Å². The van der Waals surface area contributed by atoms with Crippen molar-refractivity contribution in [1.29, 1.82) is 0 Å². The minimum absolute atomic E-state index is 0.670. The topological polar surface area (TPSA) is 63.9 Å². The lowest BCUT2D eigenvalue weighted by Crippen LogP contribution is -1.90. The van der Waals surface area contributed by atoms with Gasteiger partial charge >= 0.3 is 0 Å². The third-order valence-corrected chi connectivity index (χ3v) is 3.26. The van der Waals surface area contributed by atoms with Crippen molar-refractivity contribution < 1.29 is 4.74 Å². The molecule has 2 aromatic carbocycles. The van der Waals surface area contributed by atoms with Crippen molar-refractivity contribution in [3.63, 3.8) is 0 Å². The summed E-state index contributed by atoms with van der Waals surface area (Å²) >= 11 is 0. The summed E-state index contributed by atoms with van der Waals surface area (Å²) in [5.41, 5.74) is 10.5. The van der Waals surface area contributed by atoms with E-state index in [9.17, 15) is 0 Å². The molecule has 0 saturated heterocycles. The molecule has 106 valence electrons. The van der Waals surface area contributed by atoms with Crippen molar-refractivity contribution in [2.24, 2.45) is 0 Å². The highest BCUT2D eigenvalue weighted by atomic mass is 16.5. The highest BCUT2D eigenvalue weighted by Crippen LogP contribution is 2.25. The summed E-state index contributed by atoms with van der Waals surface area (Å²) in [6, 6.07) is 17.7. The lowest BCUT2D eigenvalue weighted by molar-refractivity contribution is 0.340. The van der Waals surface area contributed by atoms with Gasteiger partial charge in [-0.25, -0.2) is 0 Å². The fraction of sp³-hybridized carbons (Fsp3) is 0.118. The van der Waals surface area contributed by atoms with Gasteiger partial charge in [0.05, 0.1) is 18.0 Å². The van der Waals surface area contributed by atoms with Crippen LogP contribution in [0.3, 0.4) is 0 Å². The molecule has 0 bridgehead atoms. The predicted molar refractivity (Wildman–Crippen MR) is 85.0 cm³/mol. The third kappa shape index (κ3) is 2.89. The van der Waals surface area contributed by atoms with E-state index in [4.69, 9.17) is 10.5 Å². The van der Waals surface area contributed by atoms with Crippen molar-refractivity contribution in [1.82, 2.24) is 10.2 Å². The molecular formula is C17H17N3O. The molecule has 0 aliphatic rings. The van der Waals surface area contributed by atoms with Gasteiger partial charge in [0.2, 0.25) is 0 Å². The Hall–Kier alpha value is -2.75. The van der Waals surface area contributed by atoms with Gasteiger partial charge in [-0.15, -0.1) is 0 Å². The minimum Gasteiger partial charge on any atom is -0.494 e. The number of nitrogens with two attached hydrogens (primary N) is 1. The van der Waals surface area contributed by atoms with E-state index in [1.165, 1.54) is 0 Å². The van der Waals surface area contributed by atoms with Gasteiger partial charge in [-0.3, -0.25) is 5.10 Å². The number of hydrogen-bond donors (Lipinski definition) is 2. The van der Waals surface area contributed by atoms with Gasteiger partial charge in [0.1, 0.15) is 5.75 Å². The Morgan fingerprint density at radius 3 is 2.33 bits per heavy atom. The van der Waals surface area contributed by atoms with Crippen molar-refractivity contribution in [3.8, 4) is 28.3 Å². The molecule has 3 rings (SSSR count). The summed E-state index contributed by atoms with van der Waals surface area (Å²) in [7, 11) is 0. The second-order valence-corrected chi connectivity index (χ2v) is 4.75. The molecule has 0 fully saturated rings. The number of aromatic amines is 1. The number of hydrogen-bond acceptors (Lipinski definition) is 3. The van der Waals surface area contributed by atoms with Crippen LogP contribution in [-0.2, 0) is 0 Å². The molecule has 3 N–H and O–H groups in total. The van der Waals surface area contributed by atoms with Crippen LogP contribution in [0.1, 0.15) is 6.92 Å². The van der Waals surface area contributed by atoms with Crippen LogP contribution in [0.2, 0.25) is 0 Å². The van der Waals surface area contributed by atoms with Crippen molar-refractivity contribution in [2.75, 3.05) is 12.3 Å².